The number of rotatable bonds is 7. The number of allylic oxidation sites excluding steroid dienone is 2. The largest absolute Gasteiger partial charge is 0.508 e. The molecule has 0 radical (unpaired) electrons. The van der Waals surface area contributed by atoms with Crippen LogP contribution in [0.1, 0.15) is 60.8 Å². The number of ether oxygens (including phenoxy) is 2. The number of piperazine rings is 1. The summed E-state index contributed by atoms with van der Waals surface area (Å²) >= 11 is 0. The molecule has 4 fully saturated rings. The van der Waals surface area contributed by atoms with Gasteiger partial charge in [-0.05, 0) is 85.9 Å². The van der Waals surface area contributed by atoms with E-state index in [4.69, 9.17) is 20.9 Å². The minimum atomic E-state index is -0.790. The lowest BCUT2D eigenvalue weighted by molar-refractivity contribution is -0.0161. The van der Waals surface area contributed by atoms with E-state index >= 15 is 8.78 Å². The molecule has 0 amide bonds. The summed E-state index contributed by atoms with van der Waals surface area (Å²) in [5, 5.41) is 14.8. The van der Waals surface area contributed by atoms with Crippen molar-refractivity contribution in [2.75, 3.05) is 44.4 Å². The number of benzene rings is 2. The van der Waals surface area contributed by atoms with Crippen LogP contribution >= 0.6 is 0 Å². The Kier molecular flexibility index (Phi) is 8.08. The van der Waals surface area contributed by atoms with Gasteiger partial charge in [0, 0.05) is 54.8 Å². The van der Waals surface area contributed by atoms with Crippen molar-refractivity contribution < 1.29 is 23.4 Å². The number of terminal acetylenes is 1. The van der Waals surface area contributed by atoms with Crippen molar-refractivity contribution in [3.05, 3.63) is 70.0 Å². The van der Waals surface area contributed by atoms with Crippen molar-refractivity contribution in [3.8, 4) is 18.4 Å². The van der Waals surface area contributed by atoms with Gasteiger partial charge in [-0.1, -0.05) is 18.1 Å². The second-order valence-electron chi connectivity index (χ2n) is 13.4. The number of aliphatic hydroxyl groups excluding tert-OH is 1. The summed E-state index contributed by atoms with van der Waals surface area (Å²) in [6.45, 7) is 4.20. The Morgan fingerprint density at radius 1 is 1.04 bits per heavy atom. The summed E-state index contributed by atoms with van der Waals surface area (Å²) < 4.78 is 44.7. The third-order valence-corrected chi connectivity index (χ3v) is 10.5. The van der Waals surface area contributed by atoms with Crippen LogP contribution in [0.25, 0.3) is 22.6 Å². The van der Waals surface area contributed by atoms with E-state index < -0.39 is 11.6 Å². The Morgan fingerprint density at radius 3 is 2.60 bits per heavy atom. The molecule has 4 aliphatic heterocycles. The van der Waals surface area contributed by atoms with E-state index in [-0.39, 0.29) is 29.3 Å². The average Bonchev–Trinajstić information content (AvgIpc) is 3.50. The van der Waals surface area contributed by atoms with E-state index in [1.165, 1.54) is 12.1 Å². The predicted molar refractivity (Wildman–Crippen MR) is 177 cm³/mol. The maximum Gasteiger partial charge on any atom is 0.319 e. The number of hydrogen-bond donors (Lipinski definition) is 2. The van der Waals surface area contributed by atoms with Crippen molar-refractivity contribution >= 4 is 28.4 Å². The van der Waals surface area contributed by atoms with E-state index in [2.05, 4.69) is 26.0 Å². The van der Waals surface area contributed by atoms with Crippen LogP contribution in [-0.2, 0) is 11.2 Å². The second kappa shape index (κ2) is 12.5. The molecule has 8 nitrogen and oxygen atoms in total. The van der Waals surface area contributed by atoms with E-state index in [1.807, 2.05) is 18.2 Å². The third kappa shape index (κ3) is 5.75. The fourth-order valence-corrected chi connectivity index (χ4v) is 8.28. The third-order valence-electron chi connectivity index (χ3n) is 10.5. The Morgan fingerprint density at radius 2 is 1.83 bits per heavy atom. The van der Waals surface area contributed by atoms with Crippen LogP contribution in [0.3, 0.4) is 0 Å². The number of nitrogens with one attached hydrogen (secondary N) is 1. The Hall–Kier alpha value is -4.04. The monoisotopic (exact) mass is 639 g/mol. The highest BCUT2D eigenvalue weighted by molar-refractivity contribution is 5.93. The lowest BCUT2D eigenvalue weighted by Gasteiger charge is -2.34. The molecule has 10 heteroatoms. The molecule has 4 saturated heterocycles. The Labute approximate surface area is 273 Å². The van der Waals surface area contributed by atoms with Gasteiger partial charge in [0.1, 0.15) is 22.9 Å². The predicted octanol–water partition coefficient (Wildman–Crippen LogP) is 5.39. The summed E-state index contributed by atoms with van der Waals surface area (Å²) in [7, 11) is 0. The summed E-state index contributed by atoms with van der Waals surface area (Å²) in [6.07, 6.45) is 14.7. The summed E-state index contributed by atoms with van der Waals surface area (Å²) in [5.74, 6) is 1.56. The molecule has 2 aromatic carbocycles. The van der Waals surface area contributed by atoms with Gasteiger partial charge < -0.3 is 24.8 Å². The molecule has 5 aliphatic rings. The molecule has 2 N–H and O–H groups in total. The van der Waals surface area contributed by atoms with Crippen molar-refractivity contribution in [3.63, 3.8) is 0 Å². The minimum Gasteiger partial charge on any atom is -0.508 e. The molecule has 244 valence electrons. The van der Waals surface area contributed by atoms with E-state index in [0.29, 0.717) is 72.6 Å². The van der Waals surface area contributed by atoms with Gasteiger partial charge >= 0.3 is 6.01 Å². The van der Waals surface area contributed by atoms with Crippen LogP contribution in [0.4, 0.5) is 14.6 Å². The van der Waals surface area contributed by atoms with Crippen LogP contribution in [0.15, 0.2) is 36.1 Å². The zero-order valence-electron chi connectivity index (χ0n) is 26.4. The molecule has 1 aromatic heterocycles. The van der Waals surface area contributed by atoms with Gasteiger partial charge in [-0.15, -0.1) is 6.42 Å². The number of hydrogen-bond acceptors (Lipinski definition) is 8. The van der Waals surface area contributed by atoms with Crippen molar-refractivity contribution in [2.45, 2.75) is 69.1 Å². The molecule has 5 heterocycles. The van der Waals surface area contributed by atoms with Gasteiger partial charge in [0.25, 0.3) is 0 Å². The van der Waals surface area contributed by atoms with Gasteiger partial charge in [0.05, 0.1) is 25.4 Å². The van der Waals surface area contributed by atoms with Gasteiger partial charge in [0.2, 0.25) is 0 Å². The van der Waals surface area contributed by atoms with E-state index in [9.17, 15) is 5.11 Å². The summed E-state index contributed by atoms with van der Waals surface area (Å²) in [6, 6.07) is 8.49. The number of morpholine rings is 1. The topological polar surface area (TPSA) is 83.0 Å². The quantitative estimate of drug-likeness (QED) is 0.263. The highest BCUT2D eigenvalue weighted by Gasteiger charge is 2.37. The summed E-state index contributed by atoms with van der Waals surface area (Å²) in [4.78, 5) is 13.9. The first-order chi connectivity index (χ1) is 22.9. The van der Waals surface area contributed by atoms with Crippen LogP contribution < -0.4 is 15.0 Å². The molecular weight excluding hydrogens is 600 g/mol. The van der Waals surface area contributed by atoms with Crippen molar-refractivity contribution in [1.29, 1.82) is 0 Å². The number of aliphatic hydroxyl groups is 1. The highest BCUT2D eigenvalue weighted by Crippen LogP contribution is 2.38. The molecular formula is C37H39F2N5O3. The SMILES string of the molecule is C#Cc1cccc2c1CC/C(c1c(F)cc3c(N4CC5CCC(C4)N5)nc(OCCCN4C5CCC4COC5)nc3c1F)=C\C(O)=C2. The molecule has 4 bridgehead atoms. The van der Waals surface area contributed by atoms with Crippen molar-refractivity contribution in [1.82, 2.24) is 20.2 Å². The van der Waals surface area contributed by atoms with Gasteiger partial charge in [-0.25, -0.2) is 8.78 Å². The van der Waals surface area contributed by atoms with Crippen LogP contribution in [0.2, 0.25) is 0 Å². The van der Waals surface area contributed by atoms with Crippen LogP contribution in [0, 0.1) is 24.0 Å². The van der Waals surface area contributed by atoms with Gasteiger partial charge in [-0.2, -0.15) is 9.97 Å². The van der Waals surface area contributed by atoms with Crippen LogP contribution in [-0.4, -0.2) is 83.6 Å². The molecule has 1 aliphatic carbocycles. The molecule has 8 rings (SSSR count). The lowest BCUT2D eigenvalue weighted by atomic mass is 9.89. The first-order valence-electron chi connectivity index (χ1n) is 16.8. The van der Waals surface area contributed by atoms with Crippen molar-refractivity contribution in [2.24, 2.45) is 0 Å². The zero-order chi connectivity index (χ0) is 32.1. The van der Waals surface area contributed by atoms with Gasteiger partial charge in [0.15, 0.2) is 5.82 Å². The number of aromatic nitrogens is 2. The van der Waals surface area contributed by atoms with E-state index in [1.54, 1.807) is 6.08 Å². The average molecular weight is 640 g/mol. The normalized spacial score (nSPS) is 26.6. The molecule has 4 atom stereocenters. The maximum atomic E-state index is 16.7. The number of anilines is 1. The Balaban J connectivity index is 1.13. The van der Waals surface area contributed by atoms with Gasteiger partial charge in [-0.3, -0.25) is 4.90 Å². The van der Waals surface area contributed by atoms with Crippen LogP contribution in [0.5, 0.6) is 6.01 Å². The molecule has 4 unspecified atom stereocenters. The molecule has 0 spiro atoms. The fourth-order valence-electron chi connectivity index (χ4n) is 8.28. The summed E-state index contributed by atoms with van der Waals surface area (Å²) in [5.41, 5.74) is 2.46. The van der Waals surface area contributed by atoms with E-state index in [0.717, 1.165) is 63.0 Å². The fraction of sp³-hybridized carbons (Fsp3) is 0.459. The Bertz CT molecular complexity index is 1790. The molecule has 47 heavy (non-hydrogen) atoms. The smallest absolute Gasteiger partial charge is 0.319 e. The number of halogens is 2. The second-order valence-corrected chi connectivity index (χ2v) is 13.4. The minimum absolute atomic E-state index is 0.00893. The number of nitrogens with zero attached hydrogens (tertiary/aromatic N) is 4. The molecule has 3 aromatic rings. The molecule has 0 saturated carbocycles. The lowest BCUT2D eigenvalue weighted by Crippen LogP contribution is -2.51. The number of fused-ring (bicyclic) bond motifs is 6. The first kappa shape index (κ1) is 30.3. The standard InChI is InChI=1S/C37H39F2N5O3/c1-2-22-5-3-6-23-15-29(45)16-24(7-12-30(22)23)33-32(38)17-31-35(34(33)39)41-37(42-36(31)43-18-25-8-9-26(19-43)40-25)47-14-4-13-44-27-10-11-28(44)21-46-20-27/h1,3,5-6,15-17,25-28,40,45H,4,7-14,18-21H2/b24-16+,29-15?. The highest BCUT2D eigenvalue weighted by atomic mass is 19.1. The zero-order valence-corrected chi connectivity index (χ0v) is 26.4. The first-order valence-corrected chi connectivity index (χ1v) is 16.8. The maximum absolute atomic E-state index is 16.7.